The number of nitrogens with two attached hydrogens (primary N) is 1. The van der Waals surface area contributed by atoms with E-state index in [1.165, 1.54) is 82.4 Å². The van der Waals surface area contributed by atoms with Crippen molar-refractivity contribution in [1.82, 2.24) is 0 Å². The molecular weight excluding hydrogens is 518 g/mol. The maximum absolute atomic E-state index is 5.62. The molecule has 0 aliphatic heterocycles. The van der Waals surface area contributed by atoms with Gasteiger partial charge in [0.2, 0.25) is 0 Å². The Hall–Kier alpha value is -5.40. The van der Waals surface area contributed by atoms with Crippen LogP contribution in [0.3, 0.4) is 0 Å². The van der Waals surface area contributed by atoms with E-state index in [9.17, 15) is 0 Å². The molecule has 7 aromatic carbocycles. The molecule has 2 N–H and O–H groups in total. The molecule has 1 nitrogen and oxygen atoms in total. The Labute approximate surface area is 253 Å². The summed E-state index contributed by atoms with van der Waals surface area (Å²) in [5.41, 5.74) is 16.7. The van der Waals surface area contributed by atoms with Gasteiger partial charge in [-0.25, -0.2) is 0 Å². The fourth-order valence-electron chi connectivity index (χ4n) is 6.36. The first-order chi connectivity index (χ1) is 21.1. The molecule has 7 aromatic rings. The van der Waals surface area contributed by atoms with E-state index in [-0.39, 0.29) is 0 Å². The summed E-state index contributed by atoms with van der Waals surface area (Å²) >= 11 is 0. The zero-order chi connectivity index (χ0) is 29.3. The van der Waals surface area contributed by atoms with Gasteiger partial charge in [-0.05, 0) is 121 Å². The van der Waals surface area contributed by atoms with Crippen molar-refractivity contribution < 1.29 is 0 Å². The minimum Gasteiger partial charge on any atom is -0.405 e. The molecule has 43 heavy (non-hydrogen) atoms. The minimum atomic E-state index is 1.17. The Kier molecular flexibility index (Phi) is 6.85. The van der Waals surface area contributed by atoms with Crippen LogP contribution < -0.4 is 5.73 Å². The van der Waals surface area contributed by atoms with E-state index >= 15 is 0 Å². The summed E-state index contributed by atoms with van der Waals surface area (Å²) in [6, 6.07) is 51.0. The van der Waals surface area contributed by atoms with Gasteiger partial charge in [0, 0.05) is 0 Å². The quantitative estimate of drug-likeness (QED) is 0.167. The van der Waals surface area contributed by atoms with Crippen LogP contribution in [0.5, 0.6) is 0 Å². The molecule has 0 atom stereocenters. The van der Waals surface area contributed by atoms with Crippen molar-refractivity contribution >= 4 is 37.9 Å². The van der Waals surface area contributed by atoms with Crippen molar-refractivity contribution in [1.29, 1.82) is 0 Å². The standard InChI is InChI=1S/C42H33N/c1-28(24-25-43)29(2)30-18-20-32(21-19-30)34-12-9-13-35(26-34)41-37-14-5-7-16-39(37)42(40-17-8-6-15-38(40)41)36-23-22-31-10-3-4-11-33(31)27-36/h3-27H,43H2,1-2H3/b25-24-,29-28+. The van der Waals surface area contributed by atoms with E-state index in [0.29, 0.717) is 0 Å². The van der Waals surface area contributed by atoms with Crippen LogP contribution in [0.4, 0.5) is 0 Å². The van der Waals surface area contributed by atoms with Crippen molar-refractivity contribution in [2.45, 2.75) is 13.8 Å². The zero-order valence-corrected chi connectivity index (χ0v) is 24.5. The molecule has 0 aliphatic carbocycles. The van der Waals surface area contributed by atoms with Gasteiger partial charge in [0.15, 0.2) is 0 Å². The number of hydrogen-bond donors (Lipinski definition) is 1. The summed E-state index contributed by atoms with van der Waals surface area (Å²) in [7, 11) is 0. The smallest absolute Gasteiger partial charge is 0.00262 e. The largest absolute Gasteiger partial charge is 0.405 e. The lowest BCUT2D eigenvalue weighted by atomic mass is 9.85. The summed E-state index contributed by atoms with van der Waals surface area (Å²) in [6.45, 7) is 4.23. The molecule has 206 valence electrons. The first-order valence-electron chi connectivity index (χ1n) is 14.8. The van der Waals surface area contributed by atoms with E-state index < -0.39 is 0 Å². The second-order valence-corrected chi connectivity index (χ2v) is 11.2. The topological polar surface area (TPSA) is 26.0 Å². The summed E-state index contributed by atoms with van der Waals surface area (Å²) in [5, 5.41) is 7.58. The van der Waals surface area contributed by atoms with Gasteiger partial charge in [-0.1, -0.05) is 127 Å². The van der Waals surface area contributed by atoms with Crippen LogP contribution in [0.15, 0.2) is 157 Å². The second kappa shape index (κ2) is 11.1. The zero-order valence-electron chi connectivity index (χ0n) is 24.5. The van der Waals surface area contributed by atoms with Gasteiger partial charge in [0.25, 0.3) is 0 Å². The molecule has 1 heteroatoms. The first kappa shape index (κ1) is 26.5. The Bertz CT molecular complexity index is 2140. The summed E-state index contributed by atoms with van der Waals surface area (Å²) in [5.74, 6) is 0. The maximum atomic E-state index is 5.62. The minimum absolute atomic E-state index is 1.17. The highest BCUT2D eigenvalue weighted by Gasteiger charge is 2.17. The number of hydrogen-bond acceptors (Lipinski definition) is 1. The summed E-state index contributed by atoms with van der Waals surface area (Å²) in [6.07, 6.45) is 3.55. The van der Waals surface area contributed by atoms with Gasteiger partial charge in [0.05, 0.1) is 0 Å². The molecule has 0 heterocycles. The lowest BCUT2D eigenvalue weighted by molar-refractivity contribution is 1.43. The molecule has 0 unspecified atom stereocenters. The molecule has 0 fully saturated rings. The number of allylic oxidation sites excluding steroid dienone is 3. The van der Waals surface area contributed by atoms with E-state index in [2.05, 4.69) is 153 Å². The monoisotopic (exact) mass is 551 g/mol. The molecule has 0 radical (unpaired) electrons. The Morgan fingerprint density at radius 1 is 0.465 bits per heavy atom. The Morgan fingerprint density at radius 3 is 1.58 bits per heavy atom. The average Bonchev–Trinajstić information content (AvgIpc) is 3.06. The van der Waals surface area contributed by atoms with Crippen LogP contribution in [0.25, 0.3) is 71.3 Å². The second-order valence-electron chi connectivity index (χ2n) is 11.2. The highest BCUT2D eigenvalue weighted by Crippen LogP contribution is 2.44. The van der Waals surface area contributed by atoms with Crippen LogP contribution in [0, 0.1) is 0 Å². The van der Waals surface area contributed by atoms with Crippen molar-refractivity contribution in [3.8, 4) is 33.4 Å². The molecular formula is C42H33N. The Morgan fingerprint density at radius 2 is 0.977 bits per heavy atom. The van der Waals surface area contributed by atoms with E-state index in [0.717, 1.165) is 0 Å². The highest BCUT2D eigenvalue weighted by atomic mass is 14.5. The normalized spacial score (nSPS) is 12.3. The first-order valence-corrected chi connectivity index (χ1v) is 14.8. The van der Waals surface area contributed by atoms with Crippen LogP contribution >= 0.6 is 0 Å². The van der Waals surface area contributed by atoms with Crippen LogP contribution in [0.1, 0.15) is 19.4 Å². The van der Waals surface area contributed by atoms with Crippen LogP contribution in [-0.2, 0) is 0 Å². The Balaban J connectivity index is 1.41. The van der Waals surface area contributed by atoms with E-state index in [1.807, 2.05) is 6.08 Å². The summed E-state index contributed by atoms with van der Waals surface area (Å²) < 4.78 is 0. The van der Waals surface area contributed by atoms with Crippen molar-refractivity contribution in [2.24, 2.45) is 5.73 Å². The average molecular weight is 552 g/mol. The number of benzene rings is 7. The van der Waals surface area contributed by atoms with Crippen molar-refractivity contribution in [2.75, 3.05) is 0 Å². The SMILES string of the molecule is CC(/C=C\N)=C(/C)c1ccc(-c2cccc(-c3c4ccccc4c(-c4ccc5ccccc5c4)c4ccccc34)c2)cc1. The van der Waals surface area contributed by atoms with Crippen LogP contribution in [0.2, 0.25) is 0 Å². The van der Waals surface area contributed by atoms with Gasteiger partial charge in [-0.3, -0.25) is 0 Å². The van der Waals surface area contributed by atoms with Gasteiger partial charge in [0.1, 0.15) is 0 Å². The van der Waals surface area contributed by atoms with E-state index in [4.69, 9.17) is 5.73 Å². The fraction of sp³-hybridized carbons (Fsp3) is 0.0476. The third-order valence-corrected chi connectivity index (χ3v) is 8.71. The summed E-state index contributed by atoms with van der Waals surface area (Å²) in [4.78, 5) is 0. The number of fused-ring (bicyclic) bond motifs is 3. The van der Waals surface area contributed by atoms with Gasteiger partial charge >= 0.3 is 0 Å². The molecule has 0 aliphatic rings. The fourth-order valence-corrected chi connectivity index (χ4v) is 6.36. The predicted molar refractivity (Wildman–Crippen MR) is 187 cm³/mol. The number of rotatable bonds is 5. The molecule has 0 aromatic heterocycles. The maximum Gasteiger partial charge on any atom is -0.00262 e. The predicted octanol–water partition coefficient (Wildman–Crippen LogP) is 11.4. The van der Waals surface area contributed by atoms with Crippen LogP contribution in [-0.4, -0.2) is 0 Å². The van der Waals surface area contributed by atoms with Gasteiger partial charge < -0.3 is 5.73 Å². The van der Waals surface area contributed by atoms with Crippen molar-refractivity contribution in [3.63, 3.8) is 0 Å². The molecule has 0 saturated heterocycles. The lowest BCUT2D eigenvalue weighted by Crippen LogP contribution is -1.91. The van der Waals surface area contributed by atoms with Crippen molar-refractivity contribution in [3.05, 3.63) is 163 Å². The molecule has 7 rings (SSSR count). The van der Waals surface area contributed by atoms with Gasteiger partial charge in [-0.2, -0.15) is 0 Å². The molecule has 0 spiro atoms. The van der Waals surface area contributed by atoms with Gasteiger partial charge in [-0.15, -0.1) is 0 Å². The third kappa shape index (κ3) is 4.79. The lowest BCUT2D eigenvalue weighted by Gasteiger charge is -2.18. The molecule has 0 saturated carbocycles. The molecule has 0 amide bonds. The molecule has 0 bridgehead atoms. The highest BCUT2D eigenvalue weighted by molar-refractivity contribution is 6.21. The van der Waals surface area contributed by atoms with E-state index in [1.54, 1.807) is 6.20 Å². The third-order valence-electron chi connectivity index (χ3n) is 8.71.